The standard InChI is InChI=1S/C34H63N5O5Si/c1-9-13-31(40)39-30(26-28-14-16-29(17-15-28)44-34(3,4)5)32(41)37-22-12-21-36-27(2)18-23-35-19-10-11-20-38-33(42)43-24-25-45(6,7)8/h14-17,27,30,35-36H,9-13,18-26H2,1-8H3,(H,37,41)(H,38,42)(H,39,40). The van der Waals surface area contributed by atoms with Gasteiger partial charge in [-0.2, -0.15) is 0 Å². The maximum absolute atomic E-state index is 13.0. The number of nitrogens with one attached hydrogen (secondary N) is 5. The number of amides is 3. The highest BCUT2D eigenvalue weighted by molar-refractivity contribution is 6.76. The summed E-state index contributed by atoms with van der Waals surface area (Å²) in [6, 6.07) is 8.41. The Morgan fingerprint density at radius 1 is 0.889 bits per heavy atom. The third-order valence-electron chi connectivity index (χ3n) is 6.95. The van der Waals surface area contributed by atoms with Gasteiger partial charge in [0, 0.05) is 40.0 Å². The molecule has 5 N–H and O–H groups in total. The Morgan fingerprint density at radius 2 is 1.56 bits per heavy atom. The molecule has 1 rings (SSSR count). The molecule has 45 heavy (non-hydrogen) atoms. The van der Waals surface area contributed by atoms with Gasteiger partial charge in [-0.25, -0.2) is 4.79 Å². The maximum atomic E-state index is 13.0. The Hall–Kier alpha value is -2.63. The lowest BCUT2D eigenvalue weighted by molar-refractivity contribution is -0.129. The fourth-order valence-electron chi connectivity index (χ4n) is 4.37. The van der Waals surface area contributed by atoms with Crippen LogP contribution in [0.3, 0.4) is 0 Å². The van der Waals surface area contributed by atoms with Crippen LogP contribution in [0.2, 0.25) is 25.7 Å². The van der Waals surface area contributed by atoms with Gasteiger partial charge in [-0.15, -0.1) is 0 Å². The molecule has 0 bridgehead atoms. The van der Waals surface area contributed by atoms with Gasteiger partial charge in [-0.1, -0.05) is 38.7 Å². The van der Waals surface area contributed by atoms with E-state index in [9.17, 15) is 14.4 Å². The number of hydrogen-bond donors (Lipinski definition) is 5. The van der Waals surface area contributed by atoms with Crippen LogP contribution in [-0.4, -0.2) is 83.0 Å². The van der Waals surface area contributed by atoms with Crippen molar-refractivity contribution in [3.63, 3.8) is 0 Å². The maximum Gasteiger partial charge on any atom is 0.407 e. The summed E-state index contributed by atoms with van der Waals surface area (Å²) in [6.45, 7) is 21.2. The SMILES string of the molecule is CCCC(=O)NC(Cc1ccc(OC(C)(C)C)cc1)C(=O)NCCCNC(C)CCNCCCCNC(=O)OCC[Si](C)(C)C. The monoisotopic (exact) mass is 649 g/mol. The van der Waals surface area contributed by atoms with E-state index in [4.69, 9.17) is 9.47 Å². The molecule has 0 spiro atoms. The van der Waals surface area contributed by atoms with E-state index in [1.807, 2.05) is 52.0 Å². The Balaban J connectivity index is 2.23. The normalized spacial score (nSPS) is 13.1. The summed E-state index contributed by atoms with van der Waals surface area (Å²) in [5, 5.41) is 15.7. The molecule has 0 radical (unpaired) electrons. The van der Waals surface area contributed by atoms with Crippen LogP contribution in [0.15, 0.2) is 24.3 Å². The first-order valence-electron chi connectivity index (χ1n) is 16.9. The minimum Gasteiger partial charge on any atom is -0.488 e. The van der Waals surface area contributed by atoms with Crippen LogP contribution in [0.5, 0.6) is 5.75 Å². The summed E-state index contributed by atoms with van der Waals surface area (Å²) in [6.07, 6.45) is 4.93. The second-order valence-corrected chi connectivity index (χ2v) is 19.7. The molecule has 0 aliphatic heterocycles. The first-order chi connectivity index (χ1) is 21.2. The van der Waals surface area contributed by atoms with Gasteiger partial charge in [0.2, 0.25) is 11.8 Å². The van der Waals surface area contributed by atoms with E-state index in [2.05, 4.69) is 53.1 Å². The molecule has 1 aromatic rings. The third kappa shape index (κ3) is 22.5. The van der Waals surface area contributed by atoms with Crippen molar-refractivity contribution in [1.82, 2.24) is 26.6 Å². The largest absolute Gasteiger partial charge is 0.488 e. The Kier molecular flexibility index (Phi) is 19.7. The van der Waals surface area contributed by atoms with Gasteiger partial charge in [-0.05, 0) is 103 Å². The average molecular weight is 650 g/mol. The number of hydrogen-bond acceptors (Lipinski definition) is 7. The molecular formula is C34H63N5O5Si. The molecule has 11 heteroatoms. The van der Waals surface area contributed by atoms with Crippen molar-refractivity contribution >= 4 is 26.0 Å². The lowest BCUT2D eigenvalue weighted by atomic mass is 10.0. The lowest BCUT2D eigenvalue weighted by Crippen LogP contribution is -2.48. The summed E-state index contributed by atoms with van der Waals surface area (Å²) in [5.74, 6) is 0.496. The molecule has 1 aromatic carbocycles. The number of ether oxygens (including phenoxy) is 2. The molecular weight excluding hydrogens is 586 g/mol. The summed E-state index contributed by atoms with van der Waals surface area (Å²) in [5.41, 5.74) is 0.675. The second-order valence-electron chi connectivity index (χ2n) is 14.1. The van der Waals surface area contributed by atoms with Crippen LogP contribution < -0.4 is 31.3 Å². The summed E-state index contributed by atoms with van der Waals surface area (Å²) >= 11 is 0. The predicted octanol–water partition coefficient (Wildman–Crippen LogP) is 5.00. The smallest absolute Gasteiger partial charge is 0.407 e. The highest BCUT2D eigenvalue weighted by atomic mass is 28.3. The molecule has 0 aliphatic carbocycles. The molecule has 0 heterocycles. The van der Waals surface area contributed by atoms with E-state index in [0.29, 0.717) is 38.6 Å². The molecule has 0 aliphatic rings. The zero-order chi connectivity index (χ0) is 33.7. The van der Waals surface area contributed by atoms with Gasteiger partial charge in [0.25, 0.3) is 0 Å². The van der Waals surface area contributed by atoms with Crippen LogP contribution in [-0.2, 0) is 20.7 Å². The summed E-state index contributed by atoms with van der Waals surface area (Å²) in [4.78, 5) is 37.1. The van der Waals surface area contributed by atoms with E-state index >= 15 is 0 Å². The topological polar surface area (TPSA) is 130 Å². The van der Waals surface area contributed by atoms with E-state index in [0.717, 1.165) is 69.1 Å². The van der Waals surface area contributed by atoms with Crippen LogP contribution in [0.4, 0.5) is 4.79 Å². The highest BCUT2D eigenvalue weighted by Gasteiger charge is 2.21. The molecule has 10 nitrogen and oxygen atoms in total. The van der Waals surface area contributed by atoms with Crippen molar-refractivity contribution < 1.29 is 23.9 Å². The molecule has 258 valence electrons. The second kappa shape index (κ2) is 22.0. The number of rotatable bonds is 23. The van der Waals surface area contributed by atoms with Crippen molar-refractivity contribution in [3.8, 4) is 5.75 Å². The predicted molar refractivity (Wildman–Crippen MR) is 187 cm³/mol. The van der Waals surface area contributed by atoms with E-state index in [-0.39, 0.29) is 23.5 Å². The highest BCUT2D eigenvalue weighted by Crippen LogP contribution is 2.19. The van der Waals surface area contributed by atoms with Gasteiger partial charge >= 0.3 is 6.09 Å². The molecule has 0 fully saturated rings. The fraction of sp³-hybridized carbons (Fsp3) is 0.735. The number of unbranched alkanes of at least 4 members (excludes halogenated alkanes) is 1. The quantitative estimate of drug-likeness (QED) is 0.0834. The first-order valence-corrected chi connectivity index (χ1v) is 20.6. The first kappa shape index (κ1) is 40.4. The van der Waals surface area contributed by atoms with Gasteiger partial charge < -0.3 is 36.1 Å². The zero-order valence-corrected chi connectivity index (χ0v) is 30.4. The summed E-state index contributed by atoms with van der Waals surface area (Å²) in [7, 11) is -1.18. The van der Waals surface area contributed by atoms with E-state index in [1.54, 1.807) is 0 Å². The molecule has 0 saturated heterocycles. The minimum absolute atomic E-state index is 0.112. The number of alkyl carbamates (subject to hydrolysis) is 1. The van der Waals surface area contributed by atoms with E-state index < -0.39 is 14.1 Å². The van der Waals surface area contributed by atoms with Gasteiger partial charge in [0.1, 0.15) is 17.4 Å². The summed E-state index contributed by atoms with van der Waals surface area (Å²) < 4.78 is 11.1. The fourth-order valence-corrected chi connectivity index (χ4v) is 5.08. The third-order valence-corrected chi connectivity index (χ3v) is 8.65. The minimum atomic E-state index is -1.18. The van der Waals surface area contributed by atoms with Crippen LogP contribution in [0, 0.1) is 0 Å². The Bertz CT molecular complexity index is 979. The van der Waals surface area contributed by atoms with Crippen molar-refractivity contribution in [2.24, 2.45) is 0 Å². The van der Waals surface area contributed by atoms with Crippen LogP contribution in [0.25, 0.3) is 0 Å². The number of carbonyl (C=O) groups is 3. The molecule has 2 unspecified atom stereocenters. The van der Waals surface area contributed by atoms with Gasteiger partial charge in [0.05, 0.1) is 6.61 Å². The lowest BCUT2D eigenvalue weighted by Gasteiger charge is -2.22. The molecule has 2 atom stereocenters. The van der Waals surface area contributed by atoms with E-state index in [1.165, 1.54) is 0 Å². The molecule has 0 aromatic heterocycles. The van der Waals surface area contributed by atoms with Crippen LogP contribution in [0.1, 0.15) is 78.7 Å². The van der Waals surface area contributed by atoms with Crippen molar-refractivity contribution in [1.29, 1.82) is 0 Å². The van der Waals surface area contributed by atoms with Crippen molar-refractivity contribution in [2.75, 3.05) is 39.3 Å². The van der Waals surface area contributed by atoms with Gasteiger partial charge in [0.15, 0.2) is 0 Å². The van der Waals surface area contributed by atoms with Crippen molar-refractivity contribution in [3.05, 3.63) is 29.8 Å². The molecule has 3 amide bonds. The van der Waals surface area contributed by atoms with Gasteiger partial charge in [-0.3, -0.25) is 9.59 Å². The zero-order valence-electron chi connectivity index (χ0n) is 29.4. The average Bonchev–Trinajstić information content (AvgIpc) is 2.93. The van der Waals surface area contributed by atoms with Crippen LogP contribution >= 0.6 is 0 Å². The molecule has 0 saturated carbocycles. The number of carbonyl (C=O) groups excluding carboxylic acids is 3. The Morgan fingerprint density at radius 3 is 2.20 bits per heavy atom. The Labute approximate surface area is 273 Å². The van der Waals surface area contributed by atoms with Crippen molar-refractivity contribution in [2.45, 2.75) is 123 Å². The number of benzene rings is 1.